The van der Waals surface area contributed by atoms with Gasteiger partial charge in [-0.05, 0) is 12.1 Å². The quantitative estimate of drug-likeness (QED) is 0.542. The van der Waals surface area contributed by atoms with Gasteiger partial charge in [-0.2, -0.15) is 0 Å². The van der Waals surface area contributed by atoms with Crippen LogP contribution in [0.3, 0.4) is 0 Å². The summed E-state index contributed by atoms with van der Waals surface area (Å²) < 4.78 is 38.1. The summed E-state index contributed by atoms with van der Waals surface area (Å²) in [7, 11) is 0.152. The number of nitrogens with two attached hydrogens (primary N) is 1. The lowest BCUT2D eigenvalue weighted by atomic mass is 10.1. The molecule has 0 radical (unpaired) electrons. The number of anilines is 1. The van der Waals surface area contributed by atoms with E-state index in [0.29, 0.717) is 5.39 Å². The van der Waals surface area contributed by atoms with Gasteiger partial charge in [0.2, 0.25) is 15.9 Å². The summed E-state index contributed by atoms with van der Waals surface area (Å²) in [6, 6.07) is 10.8. The van der Waals surface area contributed by atoms with Crippen LogP contribution in [0, 0.1) is 0 Å². The SMILES string of the molecule is CN(C)c1cccc2c(S(=O)(=O)NCCOCCOCC(N)=O)cccc12. The van der Waals surface area contributed by atoms with Gasteiger partial charge in [0.1, 0.15) is 6.61 Å². The lowest BCUT2D eigenvalue weighted by Crippen LogP contribution is -2.28. The third-order valence-corrected chi connectivity index (χ3v) is 5.30. The van der Waals surface area contributed by atoms with Crippen molar-refractivity contribution in [3.63, 3.8) is 0 Å². The number of hydrogen-bond donors (Lipinski definition) is 2. The van der Waals surface area contributed by atoms with Gasteiger partial charge in [0, 0.05) is 37.1 Å². The van der Waals surface area contributed by atoms with E-state index in [1.165, 1.54) is 0 Å². The summed E-state index contributed by atoms with van der Waals surface area (Å²) in [5, 5.41) is 1.53. The molecule has 0 heterocycles. The van der Waals surface area contributed by atoms with Crippen LogP contribution >= 0.6 is 0 Å². The monoisotopic (exact) mass is 395 g/mol. The van der Waals surface area contributed by atoms with Crippen LogP contribution in [0.1, 0.15) is 0 Å². The van der Waals surface area contributed by atoms with Gasteiger partial charge in [-0.15, -0.1) is 0 Å². The average molecular weight is 395 g/mol. The Morgan fingerprint density at radius 1 is 1.04 bits per heavy atom. The van der Waals surface area contributed by atoms with E-state index in [-0.39, 0.29) is 37.9 Å². The smallest absolute Gasteiger partial charge is 0.243 e. The summed E-state index contributed by atoms with van der Waals surface area (Å²) in [6.45, 7) is 0.614. The van der Waals surface area contributed by atoms with Crippen LogP contribution in [0.4, 0.5) is 5.69 Å². The molecule has 0 unspecified atom stereocenters. The molecular formula is C18H25N3O5S. The number of carbonyl (C=O) groups excluding carboxylic acids is 1. The number of nitrogens with zero attached hydrogens (tertiary/aromatic N) is 1. The van der Waals surface area contributed by atoms with Crippen LogP contribution in [-0.2, 0) is 24.3 Å². The molecule has 0 aliphatic heterocycles. The second-order valence-corrected chi connectivity index (χ2v) is 7.79. The molecule has 0 aliphatic rings. The first-order valence-electron chi connectivity index (χ1n) is 8.45. The van der Waals surface area contributed by atoms with Crippen LogP contribution in [0.25, 0.3) is 10.8 Å². The Bertz CT molecular complexity index is 884. The molecule has 0 atom stereocenters. The number of ether oxygens (including phenoxy) is 2. The van der Waals surface area contributed by atoms with Crippen molar-refractivity contribution in [2.75, 3.05) is 52.0 Å². The van der Waals surface area contributed by atoms with Crippen molar-refractivity contribution in [1.82, 2.24) is 4.72 Å². The molecule has 1 amide bonds. The highest BCUT2D eigenvalue weighted by Crippen LogP contribution is 2.29. The van der Waals surface area contributed by atoms with Crippen molar-refractivity contribution >= 4 is 32.4 Å². The number of amides is 1. The fraction of sp³-hybridized carbons (Fsp3) is 0.389. The Kier molecular flexibility index (Phi) is 7.55. The van der Waals surface area contributed by atoms with E-state index in [4.69, 9.17) is 15.2 Å². The number of fused-ring (bicyclic) bond motifs is 1. The predicted molar refractivity (Wildman–Crippen MR) is 104 cm³/mol. The maximum Gasteiger partial charge on any atom is 0.243 e. The van der Waals surface area contributed by atoms with Crippen molar-refractivity contribution < 1.29 is 22.7 Å². The second-order valence-electron chi connectivity index (χ2n) is 6.05. The van der Waals surface area contributed by atoms with Crippen LogP contribution in [-0.4, -0.2) is 61.4 Å². The summed E-state index contributed by atoms with van der Waals surface area (Å²) in [6.07, 6.45) is 0. The summed E-state index contributed by atoms with van der Waals surface area (Å²) in [5.74, 6) is -0.546. The van der Waals surface area contributed by atoms with Gasteiger partial charge >= 0.3 is 0 Å². The Labute approximate surface area is 159 Å². The molecule has 27 heavy (non-hydrogen) atoms. The van der Waals surface area contributed by atoms with Gasteiger partial charge in [0.15, 0.2) is 0 Å². The number of benzene rings is 2. The third-order valence-electron chi connectivity index (χ3n) is 3.79. The van der Waals surface area contributed by atoms with Crippen molar-refractivity contribution in [2.24, 2.45) is 5.73 Å². The molecule has 8 nitrogen and oxygen atoms in total. The molecule has 2 aromatic carbocycles. The Morgan fingerprint density at radius 3 is 2.41 bits per heavy atom. The standard InChI is InChI=1S/C18H25N3O5S/c1-21(2)16-7-3-6-15-14(16)5-4-8-17(15)27(23,24)20-9-10-25-11-12-26-13-18(19)22/h3-8,20H,9-13H2,1-2H3,(H2,19,22). The van der Waals surface area contributed by atoms with E-state index in [1.54, 1.807) is 18.2 Å². The predicted octanol–water partition coefficient (Wildman–Crippen LogP) is 0.703. The first-order valence-corrected chi connectivity index (χ1v) is 9.94. The van der Waals surface area contributed by atoms with E-state index in [0.717, 1.165) is 11.1 Å². The highest BCUT2D eigenvalue weighted by molar-refractivity contribution is 7.89. The van der Waals surface area contributed by atoms with Crippen LogP contribution in [0.5, 0.6) is 0 Å². The van der Waals surface area contributed by atoms with Crippen LogP contribution in [0.2, 0.25) is 0 Å². The van der Waals surface area contributed by atoms with E-state index in [9.17, 15) is 13.2 Å². The Balaban J connectivity index is 1.97. The first-order chi connectivity index (χ1) is 12.8. The van der Waals surface area contributed by atoms with Crippen molar-refractivity contribution in [1.29, 1.82) is 0 Å². The zero-order valence-electron chi connectivity index (χ0n) is 15.5. The number of rotatable bonds is 11. The lowest BCUT2D eigenvalue weighted by molar-refractivity contribution is -0.123. The zero-order chi connectivity index (χ0) is 19.9. The number of carbonyl (C=O) groups is 1. The van der Waals surface area contributed by atoms with Crippen molar-refractivity contribution in [3.05, 3.63) is 36.4 Å². The third kappa shape index (κ3) is 5.90. The lowest BCUT2D eigenvalue weighted by Gasteiger charge is -2.17. The molecule has 9 heteroatoms. The summed E-state index contributed by atoms with van der Waals surface area (Å²) in [4.78, 5) is 12.7. The minimum atomic E-state index is -3.68. The molecule has 0 aliphatic carbocycles. The van der Waals surface area contributed by atoms with Gasteiger partial charge in [-0.1, -0.05) is 24.3 Å². The van der Waals surface area contributed by atoms with Gasteiger partial charge in [-0.3, -0.25) is 4.79 Å². The molecule has 2 aromatic rings. The molecule has 0 saturated heterocycles. The maximum absolute atomic E-state index is 12.7. The Hall–Kier alpha value is -2.20. The van der Waals surface area contributed by atoms with Crippen molar-refractivity contribution in [3.8, 4) is 0 Å². The number of hydrogen-bond acceptors (Lipinski definition) is 6. The minimum absolute atomic E-state index is 0.127. The van der Waals surface area contributed by atoms with Crippen molar-refractivity contribution in [2.45, 2.75) is 4.90 Å². The Morgan fingerprint density at radius 2 is 1.70 bits per heavy atom. The zero-order valence-corrected chi connectivity index (χ0v) is 16.3. The van der Waals surface area contributed by atoms with Gasteiger partial charge in [0.05, 0.1) is 24.7 Å². The van der Waals surface area contributed by atoms with Gasteiger partial charge in [0.25, 0.3) is 0 Å². The molecule has 0 spiro atoms. The largest absolute Gasteiger partial charge is 0.378 e. The van der Waals surface area contributed by atoms with Gasteiger partial charge < -0.3 is 20.1 Å². The van der Waals surface area contributed by atoms with E-state index in [1.807, 2.05) is 37.2 Å². The minimum Gasteiger partial charge on any atom is -0.378 e. The fourth-order valence-electron chi connectivity index (χ4n) is 2.61. The maximum atomic E-state index is 12.7. The topological polar surface area (TPSA) is 111 Å². The summed E-state index contributed by atoms with van der Waals surface area (Å²) >= 11 is 0. The molecule has 3 N–H and O–H groups in total. The van der Waals surface area contributed by atoms with E-state index < -0.39 is 15.9 Å². The number of sulfonamides is 1. The molecule has 0 fully saturated rings. The molecule has 0 bridgehead atoms. The highest BCUT2D eigenvalue weighted by Gasteiger charge is 2.17. The normalized spacial score (nSPS) is 11.6. The number of nitrogens with one attached hydrogen (secondary N) is 1. The van der Waals surface area contributed by atoms with Crippen LogP contribution < -0.4 is 15.4 Å². The first kappa shape index (κ1) is 21.1. The van der Waals surface area contributed by atoms with E-state index in [2.05, 4.69) is 4.72 Å². The molecule has 2 rings (SSSR count). The van der Waals surface area contributed by atoms with E-state index >= 15 is 0 Å². The molecule has 0 aromatic heterocycles. The molecule has 0 saturated carbocycles. The molecule has 148 valence electrons. The van der Waals surface area contributed by atoms with Gasteiger partial charge in [-0.25, -0.2) is 13.1 Å². The number of primary amides is 1. The van der Waals surface area contributed by atoms with Crippen LogP contribution in [0.15, 0.2) is 41.3 Å². The second kappa shape index (κ2) is 9.65. The average Bonchev–Trinajstić information content (AvgIpc) is 2.62. The molecular weight excluding hydrogens is 370 g/mol. The highest BCUT2D eigenvalue weighted by atomic mass is 32.2. The fourth-order valence-corrected chi connectivity index (χ4v) is 3.84. The summed E-state index contributed by atoms with van der Waals surface area (Å²) in [5.41, 5.74) is 5.89.